The number of benzene rings is 3. The van der Waals surface area contributed by atoms with Gasteiger partial charge in [-0.15, -0.1) is 0 Å². The van der Waals surface area contributed by atoms with E-state index in [1.165, 1.54) is 11.6 Å². The number of fused-ring (bicyclic) bond motifs is 2. The van der Waals surface area contributed by atoms with E-state index >= 15 is 0 Å². The molecule has 6 heteroatoms. The fourth-order valence-electron chi connectivity index (χ4n) is 6.07. The Balaban J connectivity index is 1.08. The lowest BCUT2D eigenvalue weighted by Crippen LogP contribution is -2.24. The Morgan fingerprint density at radius 3 is 2.23 bits per heavy atom. The molecule has 0 spiro atoms. The van der Waals surface area contributed by atoms with E-state index in [-0.39, 0.29) is 17.9 Å². The van der Waals surface area contributed by atoms with Gasteiger partial charge in [0, 0.05) is 29.8 Å². The van der Waals surface area contributed by atoms with Crippen molar-refractivity contribution in [3.05, 3.63) is 84.2 Å². The number of aromatic nitrogens is 2. The number of amides is 1. The van der Waals surface area contributed by atoms with Gasteiger partial charge in [0.25, 0.3) is 0 Å². The first-order valence-electron chi connectivity index (χ1n) is 12.2. The Morgan fingerprint density at radius 1 is 0.971 bits per heavy atom. The Kier molecular flexibility index (Phi) is 5.20. The number of halogens is 2. The summed E-state index contributed by atoms with van der Waals surface area (Å²) in [6.45, 7) is 4.08. The average molecular weight is 472 g/mol. The lowest BCUT2D eigenvalue weighted by molar-refractivity contribution is -0.120. The molecule has 178 valence electrons. The summed E-state index contributed by atoms with van der Waals surface area (Å²) in [5.74, 6) is -0.426. The van der Waals surface area contributed by atoms with Gasteiger partial charge in [0.2, 0.25) is 5.91 Å². The molecule has 2 aliphatic carbocycles. The lowest BCUT2D eigenvalue weighted by Gasteiger charge is -2.20. The molecule has 3 aromatic carbocycles. The maximum atomic E-state index is 13.8. The molecule has 2 unspecified atom stereocenters. The zero-order valence-corrected chi connectivity index (χ0v) is 19.7. The van der Waals surface area contributed by atoms with Gasteiger partial charge < -0.3 is 9.88 Å². The number of rotatable bonds is 5. The summed E-state index contributed by atoms with van der Waals surface area (Å²) in [4.78, 5) is 17.2. The number of anilines is 1. The Morgan fingerprint density at radius 2 is 1.57 bits per heavy atom. The highest BCUT2D eigenvalue weighted by molar-refractivity contribution is 5.93. The van der Waals surface area contributed by atoms with Gasteiger partial charge in [0.1, 0.15) is 0 Å². The van der Waals surface area contributed by atoms with E-state index in [2.05, 4.69) is 41.5 Å². The van der Waals surface area contributed by atoms with Crippen molar-refractivity contribution in [2.75, 3.05) is 5.32 Å². The summed E-state index contributed by atoms with van der Waals surface area (Å²) in [7, 11) is 0. The van der Waals surface area contributed by atoms with Crippen LogP contribution in [0, 0.1) is 42.2 Å². The normalized spacial score (nSPS) is 23.8. The number of aryl methyl sites for hydroxylation is 1. The van der Waals surface area contributed by atoms with Crippen molar-refractivity contribution >= 4 is 22.6 Å². The van der Waals surface area contributed by atoms with Crippen LogP contribution >= 0.6 is 0 Å². The van der Waals surface area contributed by atoms with Gasteiger partial charge in [-0.3, -0.25) is 4.79 Å². The number of nitrogens with one attached hydrogen (secondary N) is 1. The number of nitrogens with zero attached hydrogens (tertiary/aromatic N) is 2. The number of carbonyl (C=O) groups excluding carboxylic acids is 1. The molecule has 0 bridgehead atoms. The summed E-state index contributed by atoms with van der Waals surface area (Å²) >= 11 is 0. The van der Waals surface area contributed by atoms with Crippen molar-refractivity contribution in [1.29, 1.82) is 0 Å². The third-order valence-electron chi connectivity index (χ3n) is 8.02. The molecule has 1 amide bonds. The van der Waals surface area contributed by atoms with E-state index in [4.69, 9.17) is 0 Å². The Hall–Kier alpha value is -3.54. The zero-order valence-electron chi connectivity index (χ0n) is 19.7. The first-order valence-corrected chi connectivity index (χ1v) is 12.2. The fraction of sp³-hybridized carbons (Fsp3) is 0.310. The highest BCUT2D eigenvalue weighted by Gasteiger charge is 2.59. The molecule has 1 aromatic heterocycles. The second-order valence-electron chi connectivity index (χ2n) is 10.2. The molecule has 0 aliphatic heterocycles. The standard InChI is InChI=1S/C29H27F2N3O/c1-16-3-5-18(6-4-16)19-7-9-20(10-8-19)33-29(35)17(2)28-22-11-21(12-23(22)28)34-15-32-26-13-24(30)25(31)14-27(26)34/h3-10,13-15,17,21-23,28H,11-12H2,1-2H3,(H,33,35)/t17-,21?,22-,23+,28?/m0/s1. The second-order valence-corrected chi connectivity index (χ2v) is 10.2. The molecule has 1 N–H and O–H groups in total. The van der Waals surface area contributed by atoms with Crippen LogP contribution in [-0.4, -0.2) is 15.5 Å². The summed E-state index contributed by atoms with van der Waals surface area (Å²) in [5, 5.41) is 3.08. The summed E-state index contributed by atoms with van der Waals surface area (Å²) < 4.78 is 29.3. The van der Waals surface area contributed by atoms with Gasteiger partial charge in [-0.2, -0.15) is 0 Å². The quantitative estimate of drug-likeness (QED) is 0.349. The van der Waals surface area contributed by atoms with Crippen molar-refractivity contribution in [2.24, 2.45) is 23.7 Å². The van der Waals surface area contributed by atoms with Gasteiger partial charge in [-0.05, 0) is 60.8 Å². The van der Waals surface area contributed by atoms with Crippen molar-refractivity contribution in [3.8, 4) is 11.1 Å². The first kappa shape index (κ1) is 22.0. The minimum absolute atomic E-state index is 0.0506. The Labute approximate surface area is 203 Å². The molecular weight excluding hydrogens is 444 g/mol. The highest BCUT2D eigenvalue weighted by Crippen LogP contribution is 2.64. The average Bonchev–Trinajstić information content (AvgIpc) is 3.15. The molecule has 1 heterocycles. The molecule has 2 fully saturated rings. The minimum atomic E-state index is -0.873. The number of imidazole rings is 1. The summed E-state index contributed by atoms with van der Waals surface area (Å²) in [6, 6.07) is 19.0. The van der Waals surface area contributed by atoms with Crippen molar-refractivity contribution in [3.63, 3.8) is 0 Å². The van der Waals surface area contributed by atoms with Crippen LogP contribution in [0.4, 0.5) is 14.5 Å². The van der Waals surface area contributed by atoms with E-state index in [1.807, 2.05) is 35.8 Å². The monoisotopic (exact) mass is 471 g/mol. The maximum Gasteiger partial charge on any atom is 0.227 e. The molecule has 2 saturated carbocycles. The van der Waals surface area contributed by atoms with Crippen LogP contribution in [0.15, 0.2) is 67.0 Å². The fourth-order valence-corrected chi connectivity index (χ4v) is 6.07. The van der Waals surface area contributed by atoms with Crippen LogP contribution in [0.25, 0.3) is 22.2 Å². The van der Waals surface area contributed by atoms with Crippen LogP contribution in [0.2, 0.25) is 0 Å². The van der Waals surface area contributed by atoms with Crippen molar-refractivity contribution in [2.45, 2.75) is 32.7 Å². The third-order valence-corrected chi connectivity index (χ3v) is 8.02. The first-order chi connectivity index (χ1) is 16.9. The predicted molar refractivity (Wildman–Crippen MR) is 133 cm³/mol. The van der Waals surface area contributed by atoms with E-state index in [0.717, 1.165) is 35.7 Å². The number of carbonyl (C=O) groups is 1. The van der Waals surface area contributed by atoms with E-state index < -0.39 is 11.6 Å². The molecule has 2 aliphatic rings. The van der Waals surface area contributed by atoms with Crippen LogP contribution in [0.3, 0.4) is 0 Å². The number of hydrogen-bond donors (Lipinski definition) is 1. The zero-order chi connectivity index (χ0) is 24.3. The molecule has 5 atom stereocenters. The molecule has 4 aromatic rings. The van der Waals surface area contributed by atoms with E-state index in [1.54, 1.807) is 6.33 Å². The second kappa shape index (κ2) is 8.29. The van der Waals surface area contributed by atoms with Gasteiger partial charge in [-0.1, -0.05) is 48.9 Å². The largest absolute Gasteiger partial charge is 0.327 e. The Bertz CT molecular complexity index is 1400. The van der Waals surface area contributed by atoms with Crippen LogP contribution in [0.5, 0.6) is 0 Å². The van der Waals surface area contributed by atoms with Crippen molar-refractivity contribution in [1.82, 2.24) is 9.55 Å². The van der Waals surface area contributed by atoms with Crippen LogP contribution < -0.4 is 5.32 Å². The molecule has 4 nitrogen and oxygen atoms in total. The molecular formula is C29H27F2N3O. The third kappa shape index (κ3) is 3.91. The van der Waals surface area contributed by atoms with Crippen molar-refractivity contribution < 1.29 is 13.6 Å². The highest BCUT2D eigenvalue weighted by atomic mass is 19.2. The van der Waals surface area contributed by atoms with Gasteiger partial charge >= 0.3 is 0 Å². The van der Waals surface area contributed by atoms with Gasteiger partial charge in [0.15, 0.2) is 11.6 Å². The van der Waals surface area contributed by atoms with E-state index in [0.29, 0.717) is 28.8 Å². The topological polar surface area (TPSA) is 46.9 Å². The lowest BCUT2D eigenvalue weighted by atomic mass is 9.96. The molecule has 0 saturated heterocycles. The number of hydrogen-bond acceptors (Lipinski definition) is 2. The van der Waals surface area contributed by atoms with Crippen LogP contribution in [-0.2, 0) is 4.79 Å². The van der Waals surface area contributed by atoms with Crippen LogP contribution in [0.1, 0.15) is 31.4 Å². The maximum absolute atomic E-state index is 13.8. The SMILES string of the molecule is Cc1ccc(-c2ccc(NC(=O)[C@@H](C)C3[C@H]4CC(n5cnc6cc(F)c(F)cc65)C[C@@H]34)cc2)cc1. The molecule has 0 radical (unpaired) electrons. The predicted octanol–water partition coefficient (Wildman–Crippen LogP) is 6.76. The van der Waals surface area contributed by atoms with Gasteiger partial charge in [0.05, 0.1) is 17.4 Å². The van der Waals surface area contributed by atoms with E-state index in [9.17, 15) is 13.6 Å². The smallest absolute Gasteiger partial charge is 0.227 e. The summed E-state index contributed by atoms with van der Waals surface area (Å²) in [5.41, 5.74) is 5.41. The minimum Gasteiger partial charge on any atom is -0.327 e. The summed E-state index contributed by atoms with van der Waals surface area (Å²) in [6.07, 6.45) is 3.55. The van der Waals surface area contributed by atoms with Gasteiger partial charge in [-0.25, -0.2) is 13.8 Å². The molecule has 35 heavy (non-hydrogen) atoms. The molecule has 6 rings (SSSR count).